The summed E-state index contributed by atoms with van der Waals surface area (Å²) in [6.07, 6.45) is 3.22. The van der Waals surface area contributed by atoms with Gasteiger partial charge in [0, 0.05) is 25.1 Å². The Kier molecular flexibility index (Phi) is 5.60. The third kappa shape index (κ3) is 4.73. The van der Waals surface area contributed by atoms with Crippen LogP contribution in [0.5, 0.6) is 5.75 Å². The normalized spacial score (nSPS) is 22.7. The number of benzene rings is 1. The van der Waals surface area contributed by atoms with Gasteiger partial charge in [0.2, 0.25) is 0 Å². The van der Waals surface area contributed by atoms with Gasteiger partial charge < -0.3 is 14.7 Å². The van der Waals surface area contributed by atoms with Crippen LogP contribution in [0.1, 0.15) is 31.7 Å². The third-order valence-electron chi connectivity index (χ3n) is 4.09. The van der Waals surface area contributed by atoms with E-state index in [4.69, 9.17) is 10.00 Å². The first kappa shape index (κ1) is 15.8. The average Bonchev–Trinajstić information content (AvgIpc) is 2.52. The van der Waals surface area contributed by atoms with E-state index in [-0.39, 0.29) is 12.0 Å². The van der Waals surface area contributed by atoms with Crippen molar-refractivity contribution in [3.8, 4) is 11.8 Å². The second-order valence-electron chi connectivity index (χ2n) is 6.19. The summed E-state index contributed by atoms with van der Waals surface area (Å²) in [6, 6.07) is 9.37. The summed E-state index contributed by atoms with van der Waals surface area (Å²) in [6.45, 7) is 6.14. The van der Waals surface area contributed by atoms with Crippen LogP contribution in [0.15, 0.2) is 24.3 Å². The molecule has 21 heavy (non-hydrogen) atoms. The van der Waals surface area contributed by atoms with Gasteiger partial charge in [0.05, 0.1) is 18.2 Å². The summed E-state index contributed by atoms with van der Waals surface area (Å²) in [5, 5.41) is 18.3. The van der Waals surface area contributed by atoms with Crippen LogP contribution in [-0.2, 0) is 0 Å². The van der Waals surface area contributed by atoms with Crippen LogP contribution in [0.3, 0.4) is 0 Å². The zero-order chi connectivity index (χ0) is 15.1. The van der Waals surface area contributed by atoms with Crippen molar-refractivity contribution < 1.29 is 9.84 Å². The molecule has 1 saturated heterocycles. The largest absolute Gasteiger partial charge is 0.494 e. The van der Waals surface area contributed by atoms with E-state index in [2.05, 4.69) is 17.9 Å². The third-order valence-corrected chi connectivity index (χ3v) is 4.09. The Labute approximate surface area is 127 Å². The maximum atomic E-state index is 9.46. The Morgan fingerprint density at radius 3 is 3.10 bits per heavy atom. The number of aliphatic hydroxyl groups is 1. The number of ether oxygens (including phenoxy) is 1. The molecule has 1 heterocycles. The van der Waals surface area contributed by atoms with Crippen molar-refractivity contribution in [3.63, 3.8) is 0 Å². The molecule has 1 fully saturated rings. The van der Waals surface area contributed by atoms with Crippen molar-refractivity contribution in [3.05, 3.63) is 29.8 Å². The summed E-state index contributed by atoms with van der Waals surface area (Å²) in [7, 11) is 0. The van der Waals surface area contributed by atoms with Crippen LogP contribution in [0.25, 0.3) is 0 Å². The fraction of sp³-hybridized carbons (Fsp3) is 0.588. The maximum absolute atomic E-state index is 9.46. The van der Waals surface area contributed by atoms with Crippen molar-refractivity contribution >= 4 is 0 Å². The fourth-order valence-corrected chi connectivity index (χ4v) is 2.88. The Morgan fingerprint density at radius 2 is 2.33 bits per heavy atom. The highest BCUT2D eigenvalue weighted by Gasteiger charge is 2.29. The minimum Gasteiger partial charge on any atom is -0.494 e. The highest BCUT2D eigenvalue weighted by atomic mass is 16.5. The molecule has 114 valence electrons. The second-order valence-corrected chi connectivity index (χ2v) is 6.19. The molecule has 4 heteroatoms. The predicted molar refractivity (Wildman–Crippen MR) is 82.1 cm³/mol. The number of rotatable bonds is 6. The summed E-state index contributed by atoms with van der Waals surface area (Å²) in [5.41, 5.74) is 0.683. The lowest BCUT2D eigenvalue weighted by molar-refractivity contribution is 0.0444. The maximum Gasteiger partial charge on any atom is 0.120 e. The minimum atomic E-state index is 0.0558. The lowest BCUT2D eigenvalue weighted by Crippen LogP contribution is -2.44. The van der Waals surface area contributed by atoms with E-state index >= 15 is 0 Å². The lowest BCUT2D eigenvalue weighted by Gasteiger charge is -2.39. The standard InChI is InChI=1S/C17H24N2O2/c1-17(14-20)7-3-8-19(13-17)9-4-10-21-16-6-2-5-15(11-16)12-18/h2,5-6,11,20H,3-4,7-10,13-14H2,1H3. The van der Waals surface area contributed by atoms with Gasteiger partial charge in [-0.05, 0) is 44.0 Å². The topological polar surface area (TPSA) is 56.5 Å². The molecule has 0 amide bonds. The Balaban J connectivity index is 1.71. The number of hydrogen-bond acceptors (Lipinski definition) is 4. The van der Waals surface area contributed by atoms with E-state index in [9.17, 15) is 5.11 Å². The molecule has 0 saturated carbocycles. The molecule has 0 aliphatic carbocycles. The quantitative estimate of drug-likeness (QED) is 0.817. The van der Waals surface area contributed by atoms with Gasteiger partial charge in [-0.25, -0.2) is 0 Å². The fourth-order valence-electron chi connectivity index (χ4n) is 2.88. The van der Waals surface area contributed by atoms with Crippen molar-refractivity contribution in [2.75, 3.05) is 32.8 Å². The first-order valence-electron chi connectivity index (χ1n) is 7.61. The molecule has 1 unspecified atom stereocenters. The SMILES string of the molecule is CC1(CO)CCCN(CCCOc2cccc(C#N)c2)C1. The average molecular weight is 288 g/mol. The molecule has 1 aromatic rings. The molecule has 1 atom stereocenters. The minimum absolute atomic E-state index is 0.0558. The van der Waals surface area contributed by atoms with Crippen molar-refractivity contribution in [1.82, 2.24) is 4.90 Å². The smallest absolute Gasteiger partial charge is 0.120 e. The second kappa shape index (κ2) is 7.44. The monoisotopic (exact) mass is 288 g/mol. The van der Waals surface area contributed by atoms with Gasteiger partial charge in [-0.3, -0.25) is 0 Å². The number of hydrogen-bond donors (Lipinski definition) is 1. The van der Waals surface area contributed by atoms with Crippen LogP contribution in [-0.4, -0.2) is 42.9 Å². The number of nitrogens with zero attached hydrogens (tertiary/aromatic N) is 2. The first-order chi connectivity index (χ1) is 10.1. The molecule has 0 radical (unpaired) electrons. The highest BCUT2D eigenvalue weighted by molar-refractivity contribution is 5.36. The van der Waals surface area contributed by atoms with Gasteiger partial charge in [0.1, 0.15) is 5.75 Å². The molecule has 0 spiro atoms. The highest BCUT2D eigenvalue weighted by Crippen LogP contribution is 2.28. The van der Waals surface area contributed by atoms with Gasteiger partial charge in [-0.2, -0.15) is 5.26 Å². The van der Waals surface area contributed by atoms with Crippen LogP contribution >= 0.6 is 0 Å². The van der Waals surface area contributed by atoms with Gasteiger partial charge in [0.15, 0.2) is 0 Å². The molecule has 1 N–H and O–H groups in total. The molecule has 4 nitrogen and oxygen atoms in total. The Morgan fingerprint density at radius 1 is 1.48 bits per heavy atom. The van der Waals surface area contributed by atoms with E-state index in [1.54, 1.807) is 12.1 Å². The van der Waals surface area contributed by atoms with Crippen molar-refractivity contribution in [2.24, 2.45) is 5.41 Å². The molecule has 0 bridgehead atoms. The van der Waals surface area contributed by atoms with E-state index in [1.165, 1.54) is 0 Å². The summed E-state index contributed by atoms with van der Waals surface area (Å²) in [4.78, 5) is 2.41. The predicted octanol–water partition coefficient (Wildman–Crippen LogP) is 2.42. The number of nitriles is 1. The zero-order valence-electron chi connectivity index (χ0n) is 12.7. The molecule has 1 aliphatic rings. The van der Waals surface area contributed by atoms with Crippen LogP contribution < -0.4 is 4.74 Å². The van der Waals surface area contributed by atoms with Crippen molar-refractivity contribution in [2.45, 2.75) is 26.2 Å². The van der Waals surface area contributed by atoms with Gasteiger partial charge in [-0.15, -0.1) is 0 Å². The molecule has 0 aromatic heterocycles. The van der Waals surface area contributed by atoms with Gasteiger partial charge in [0.25, 0.3) is 0 Å². The molecular weight excluding hydrogens is 264 g/mol. The number of likely N-dealkylation sites (tertiary alicyclic amines) is 1. The van der Waals surface area contributed by atoms with Gasteiger partial charge >= 0.3 is 0 Å². The first-order valence-corrected chi connectivity index (χ1v) is 7.61. The van der Waals surface area contributed by atoms with Crippen molar-refractivity contribution in [1.29, 1.82) is 5.26 Å². The number of aliphatic hydroxyl groups excluding tert-OH is 1. The Hall–Kier alpha value is -1.57. The summed E-state index contributed by atoms with van der Waals surface area (Å²) < 4.78 is 5.69. The summed E-state index contributed by atoms with van der Waals surface area (Å²) >= 11 is 0. The number of piperidine rings is 1. The van der Waals surface area contributed by atoms with Crippen LogP contribution in [0, 0.1) is 16.7 Å². The van der Waals surface area contributed by atoms with Crippen LogP contribution in [0.4, 0.5) is 0 Å². The van der Waals surface area contributed by atoms with E-state index in [1.807, 2.05) is 12.1 Å². The van der Waals surface area contributed by atoms with Gasteiger partial charge in [-0.1, -0.05) is 13.0 Å². The molecular formula is C17H24N2O2. The molecule has 1 aliphatic heterocycles. The Bertz CT molecular complexity index is 498. The van der Waals surface area contributed by atoms with E-state index in [0.717, 1.165) is 44.6 Å². The molecule has 1 aromatic carbocycles. The van der Waals surface area contributed by atoms with E-state index < -0.39 is 0 Å². The van der Waals surface area contributed by atoms with E-state index in [0.29, 0.717) is 12.2 Å². The molecule has 2 rings (SSSR count). The lowest BCUT2D eigenvalue weighted by atomic mass is 9.83. The van der Waals surface area contributed by atoms with Crippen LogP contribution in [0.2, 0.25) is 0 Å². The summed E-state index contributed by atoms with van der Waals surface area (Å²) in [5.74, 6) is 0.757. The zero-order valence-corrected chi connectivity index (χ0v) is 12.7.